The van der Waals surface area contributed by atoms with E-state index in [1.54, 1.807) is 0 Å². The lowest BCUT2D eigenvalue weighted by Gasteiger charge is -2.21. The second-order valence-corrected chi connectivity index (χ2v) is 5.56. The SMILES string of the molecule is Cc1cc(C=O)ccc1N(C)Cc1ccc(Br)cc1. The third-order valence-electron chi connectivity index (χ3n) is 3.10. The van der Waals surface area contributed by atoms with Crippen molar-refractivity contribution in [2.75, 3.05) is 11.9 Å². The molecule has 0 spiro atoms. The van der Waals surface area contributed by atoms with Crippen LogP contribution in [0.2, 0.25) is 0 Å². The largest absolute Gasteiger partial charge is 0.370 e. The average molecular weight is 318 g/mol. The van der Waals surface area contributed by atoms with Crippen molar-refractivity contribution in [3.63, 3.8) is 0 Å². The normalized spacial score (nSPS) is 10.3. The van der Waals surface area contributed by atoms with Gasteiger partial charge < -0.3 is 4.90 Å². The Morgan fingerprint density at radius 1 is 1.16 bits per heavy atom. The fourth-order valence-corrected chi connectivity index (χ4v) is 2.39. The summed E-state index contributed by atoms with van der Waals surface area (Å²) >= 11 is 3.44. The maximum atomic E-state index is 10.7. The number of aldehydes is 1. The number of carbonyl (C=O) groups is 1. The number of anilines is 1. The molecule has 0 atom stereocenters. The predicted octanol–water partition coefficient (Wildman–Crippen LogP) is 4.21. The highest BCUT2D eigenvalue weighted by atomic mass is 79.9. The van der Waals surface area contributed by atoms with Crippen molar-refractivity contribution >= 4 is 27.9 Å². The lowest BCUT2D eigenvalue weighted by molar-refractivity contribution is 0.112. The Labute approximate surface area is 122 Å². The molecule has 0 aliphatic heterocycles. The summed E-state index contributed by atoms with van der Waals surface area (Å²) in [5.41, 5.74) is 4.24. The van der Waals surface area contributed by atoms with E-state index in [9.17, 15) is 4.79 Å². The fourth-order valence-electron chi connectivity index (χ4n) is 2.13. The van der Waals surface area contributed by atoms with Gasteiger partial charge in [0, 0.05) is 29.3 Å². The van der Waals surface area contributed by atoms with Crippen molar-refractivity contribution in [2.24, 2.45) is 0 Å². The third kappa shape index (κ3) is 3.44. The first-order valence-corrected chi connectivity index (χ1v) is 6.91. The first-order valence-electron chi connectivity index (χ1n) is 6.11. The average Bonchev–Trinajstić information content (AvgIpc) is 2.41. The van der Waals surface area contributed by atoms with E-state index < -0.39 is 0 Å². The number of hydrogen-bond donors (Lipinski definition) is 0. The number of rotatable bonds is 4. The quantitative estimate of drug-likeness (QED) is 0.787. The summed E-state index contributed by atoms with van der Waals surface area (Å²) in [7, 11) is 2.06. The minimum Gasteiger partial charge on any atom is -0.370 e. The molecule has 2 nitrogen and oxygen atoms in total. The summed E-state index contributed by atoms with van der Waals surface area (Å²) in [5, 5.41) is 0. The van der Waals surface area contributed by atoms with Gasteiger partial charge in [0.2, 0.25) is 0 Å². The first-order chi connectivity index (χ1) is 9.10. The Morgan fingerprint density at radius 2 is 1.84 bits per heavy atom. The van der Waals surface area contributed by atoms with Crippen LogP contribution in [0, 0.1) is 6.92 Å². The van der Waals surface area contributed by atoms with Gasteiger partial charge in [-0.25, -0.2) is 0 Å². The topological polar surface area (TPSA) is 20.3 Å². The highest BCUT2D eigenvalue weighted by Crippen LogP contribution is 2.22. The Kier molecular flexibility index (Phi) is 4.38. The zero-order valence-corrected chi connectivity index (χ0v) is 12.6. The number of nitrogens with zero attached hydrogens (tertiary/aromatic N) is 1. The van der Waals surface area contributed by atoms with Crippen molar-refractivity contribution in [3.05, 3.63) is 63.6 Å². The molecule has 0 aliphatic rings. The molecule has 0 saturated carbocycles. The van der Waals surface area contributed by atoms with Gasteiger partial charge in [-0.15, -0.1) is 0 Å². The lowest BCUT2D eigenvalue weighted by Crippen LogP contribution is -2.17. The maximum absolute atomic E-state index is 10.7. The van der Waals surface area contributed by atoms with E-state index in [4.69, 9.17) is 0 Å². The van der Waals surface area contributed by atoms with Gasteiger partial charge in [0.15, 0.2) is 0 Å². The molecule has 0 radical (unpaired) electrons. The van der Waals surface area contributed by atoms with Gasteiger partial charge in [0.25, 0.3) is 0 Å². The smallest absolute Gasteiger partial charge is 0.150 e. The van der Waals surface area contributed by atoms with Crippen LogP contribution in [0.25, 0.3) is 0 Å². The molecule has 2 rings (SSSR count). The summed E-state index contributed by atoms with van der Waals surface area (Å²) in [4.78, 5) is 12.9. The minimum absolute atomic E-state index is 0.721. The second-order valence-electron chi connectivity index (χ2n) is 4.65. The van der Waals surface area contributed by atoms with Crippen LogP contribution in [-0.2, 0) is 6.54 Å². The number of carbonyl (C=O) groups excluding carboxylic acids is 1. The summed E-state index contributed by atoms with van der Waals surface area (Å²) in [5.74, 6) is 0. The summed E-state index contributed by atoms with van der Waals surface area (Å²) in [6.45, 7) is 2.87. The molecule has 0 bridgehead atoms. The molecular formula is C16H16BrNO. The summed E-state index contributed by atoms with van der Waals surface area (Å²) in [6.07, 6.45) is 0.880. The Morgan fingerprint density at radius 3 is 2.42 bits per heavy atom. The highest BCUT2D eigenvalue weighted by molar-refractivity contribution is 9.10. The van der Waals surface area contributed by atoms with Crippen LogP contribution in [0.15, 0.2) is 46.9 Å². The van der Waals surface area contributed by atoms with E-state index in [1.165, 1.54) is 5.56 Å². The van der Waals surface area contributed by atoms with Crippen molar-refractivity contribution in [3.8, 4) is 0 Å². The van der Waals surface area contributed by atoms with Crippen molar-refractivity contribution in [2.45, 2.75) is 13.5 Å². The second kappa shape index (κ2) is 6.02. The highest BCUT2D eigenvalue weighted by Gasteiger charge is 2.06. The molecule has 2 aromatic carbocycles. The van der Waals surface area contributed by atoms with Crippen molar-refractivity contribution < 1.29 is 4.79 Å². The standard InChI is InChI=1S/C16H16BrNO/c1-12-9-14(11-19)5-8-16(12)18(2)10-13-3-6-15(17)7-4-13/h3-9,11H,10H2,1-2H3. The molecule has 0 unspecified atom stereocenters. The van der Waals surface area contributed by atoms with E-state index in [2.05, 4.69) is 40.0 Å². The summed E-state index contributed by atoms with van der Waals surface area (Å²) in [6, 6.07) is 14.1. The molecule has 0 saturated heterocycles. The molecule has 98 valence electrons. The molecule has 0 amide bonds. The molecule has 2 aromatic rings. The molecule has 0 heterocycles. The number of aryl methyl sites for hydroxylation is 1. The van der Waals surface area contributed by atoms with Crippen LogP contribution >= 0.6 is 15.9 Å². The van der Waals surface area contributed by atoms with E-state index in [0.717, 1.165) is 34.1 Å². The van der Waals surface area contributed by atoms with E-state index in [-0.39, 0.29) is 0 Å². The minimum atomic E-state index is 0.721. The monoisotopic (exact) mass is 317 g/mol. The Hall–Kier alpha value is -1.61. The van der Waals surface area contributed by atoms with Crippen LogP contribution in [0.4, 0.5) is 5.69 Å². The van der Waals surface area contributed by atoms with Crippen LogP contribution in [-0.4, -0.2) is 13.3 Å². The van der Waals surface area contributed by atoms with Crippen molar-refractivity contribution in [1.29, 1.82) is 0 Å². The summed E-state index contributed by atoms with van der Waals surface area (Å²) < 4.78 is 1.09. The fraction of sp³-hybridized carbons (Fsp3) is 0.188. The molecule has 0 N–H and O–H groups in total. The van der Waals surface area contributed by atoms with Gasteiger partial charge in [-0.2, -0.15) is 0 Å². The van der Waals surface area contributed by atoms with Gasteiger partial charge in [-0.1, -0.05) is 28.1 Å². The molecular weight excluding hydrogens is 302 g/mol. The zero-order valence-electron chi connectivity index (χ0n) is 11.1. The third-order valence-corrected chi connectivity index (χ3v) is 3.63. The van der Waals surface area contributed by atoms with Gasteiger partial charge in [0.05, 0.1) is 0 Å². The van der Waals surface area contributed by atoms with Gasteiger partial charge >= 0.3 is 0 Å². The van der Waals surface area contributed by atoms with Crippen molar-refractivity contribution in [1.82, 2.24) is 0 Å². The van der Waals surface area contributed by atoms with E-state index in [1.807, 2.05) is 37.3 Å². The van der Waals surface area contributed by atoms with E-state index >= 15 is 0 Å². The predicted molar refractivity (Wildman–Crippen MR) is 82.8 cm³/mol. The first kappa shape index (κ1) is 13.8. The Bertz CT molecular complexity index is 578. The molecule has 3 heteroatoms. The van der Waals surface area contributed by atoms with Crippen LogP contribution < -0.4 is 4.90 Å². The lowest BCUT2D eigenvalue weighted by atomic mass is 10.1. The molecule has 0 aliphatic carbocycles. The van der Waals surface area contributed by atoms with E-state index in [0.29, 0.717) is 0 Å². The zero-order chi connectivity index (χ0) is 13.8. The van der Waals surface area contributed by atoms with Crippen LogP contribution in [0.3, 0.4) is 0 Å². The van der Waals surface area contributed by atoms with Gasteiger partial charge in [-0.05, 0) is 48.4 Å². The Balaban J connectivity index is 2.17. The number of benzene rings is 2. The molecule has 0 aromatic heterocycles. The number of halogens is 1. The van der Waals surface area contributed by atoms with Gasteiger partial charge in [-0.3, -0.25) is 4.79 Å². The maximum Gasteiger partial charge on any atom is 0.150 e. The van der Waals surface area contributed by atoms with Crippen LogP contribution in [0.1, 0.15) is 21.5 Å². The molecule has 19 heavy (non-hydrogen) atoms. The van der Waals surface area contributed by atoms with Crippen LogP contribution in [0.5, 0.6) is 0 Å². The molecule has 0 fully saturated rings. The van der Waals surface area contributed by atoms with Gasteiger partial charge in [0.1, 0.15) is 6.29 Å². The number of hydrogen-bond acceptors (Lipinski definition) is 2.